The number of aromatic nitrogens is 3. The van der Waals surface area contributed by atoms with Crippen LogP contribution in [0.2, 0.25) is 5.02 Å². The van der Waals surface area contributed by atoms with E-state index in [0.717, 1.165) is 16.6 Å². The highest BCUT2D eigenvalue weighted by atomic mass is 35.5. The number of benzene rings is 1. The molecule has 0 aliphatic carbocycles. The van der Waals surface area contributed by atoms with Gasteiger partial charge in [-0.05, 0) is 44.2 Å². The first kappa shape index (κ1) is 15.7. The van der Waals surface area contributed by atoms with Crippen molar-refractivity contribution in [3.63, 3.8) is 0 Å². The highest BCUT2D eigenvalue weighted by Gasteiger charge is 2.22. The van der Waals surface area contributed by atoms with Gasteiger partial charge in [0.25, 0.3) is 5.91 Å². The lowest BCUT2D eigenvalue weighted by atomic mass is 10.1. The van der Waals surface area contributed by atoms with Gasteiger partial charge in [-0.3, -0.25) is 9.20 Å². The molecule has 3 aromatic heterocycles. The van der Waals surface area contributed by atoms with Crippen molar-refractivity contribution >= 4 is 34.1 Å². The Morgan fingerprint density at radius 1 is 1.28 bits per heavy atom. The van der Waals surface area contributed by atoms with E-state index in [1.54, 1.807) is 18.2 Å². The molecule has 0 fully saturated rings. The van der Waals surface area contributed by atoms with Gasteiger partial charge in [0.05, 0.1) is 6.04 Å². The van der Waals surface area contributed by atoms with Crippen LogP contribution in [-0.2, 0) is 0 Å². The quantitative estimate of drug-likeness (QED) is 0.605. The third-order valence-corrected chi connectivity index (χ3v) is 4.41. The SMILES string of the molecule is Cc1c(C(=O)NC(C)c2nnc3ccccn23)oc2ccc(Cl)cc12. The first-order chi connectivity index (χ1) is 12.0. The lowest BCUT2D eigenvalue weighted by molar-refractivity contribution is 0.0911. The topological polar surface area (TPSA) is 72.4 Å². The van der Waals surface area contributed by atoms with Gasteiger partial charge >= 0.3 is 0 Å². The summed E-state index contributed by atoms with van der Waals surface area (Å²) in [4.78, 5) is 12.7. The van der Waals surface area contributed by atoms with Crippen LogP contribution in [0.15, 0.2) is 47.0 Å². The van der Waals surface area contributed by atoms with Crippen LogP contribution < -0.4 is 5.32 Å². The third kappa shape index (κ3) is 2.64. The van der Waals surface area contributed by atoms with E-state index >= 15 is 0 Å². The molecule has 1 aromatic carbocycles. The Bertz CT molecular complexity index is 1100. The fourth-order valence-electron chi connectivity index (χ4n) is 2.89. The van der Waals surface area contributed by atoms with Gasteiger partial charge in [-0.2, -0.15) is 0 Å². The first-order valence-electron chi connectivity index (χ1n) is 7.84. The van der Waals surface area contributed by atoms with E-state index in [-0.39, 0.29) is 17.7 Å². The molecule has 0 radical (unpaired) electrons. The van der Waals surface area contributed by atoms with E-state index in [9.17, 15) is 4.79 Å². The minimum absolute atomic E-state index is 0.276. The second kappa shape index (κ2) is 5.89. The zero-order valence-corrected chi connectivity index (χ0v) is 14.4. The normalized spacial score (nSPS) is 12.6. The summed E-state index contributed by atoms with van der Waals surface area (Å²) >= 11 is 6.03. The smallest absolute Gasteiger partial charge is 0.287 e. The number of nitrogens with one attached hydrogen (secondary N) is 1. The largest absolute Gasteiger partial charge is 0.451 e. The number of carbonyl (C=O) groups excluding carboxylic acids is 1. The van der Waals surface area contributed by atoms with Crippen molar-refractivity contribution < 1.29 is 9.21 Å². The lowest BCUT2D eigenvalue weighted by Crippen LogP contribution is -2.28. The van der Waals surface area contributed by atoms with Crippen LogP contribution in [0.25, 0.3) is 16.6 Å². The number of aryl methyl sites for hydroxylation is 1. The number of rotatable bonds is 3. The standard InChI is InChI=1S/C18H15ClN4O2/c1-10-13-9-12(19)6-7-14(13)25-16(10)18(24)20-11(2)17-22-21-15-5-3-4-8-23(15)17/h3-9,11H,1-2H3,(H,20,24). The van der Waals surface area contributed by atoms with Crippen molar-refractivity contribution in [2.24, 2.45) is 0 Å². The maximum absolute atomic E-state index is 12.7. The fourth-order valence-corrected chi connectivity index (χ4v) is 3.06. The molecular weight excluding hydrogens is 340 g/mol. The second-order valence-corrected chi connectivity index (χ2v) is 6.32. The summed E-state index contributed by atoms with van der Waals surface area (Å²) < 4.78 is 7.55. The predicted octanol–water partition coefficient (Wildman–Crippen LogP) is 3.93. The van der Waals surface area contributed by atoms with Gasteiger partial charge in [0.1, 0.15) is 5.58 Å². The summed E-state index contributed by atoms with van der Waals surface area (Å²) in [7, 11) is 0. The van der Waals surface area contributed by atoms with Crippen LogP contribution in [0.4, 0.5) is 0 Å². The molecule has 0 spiro atoms. The van der Waals surface area contributed by atoms with Gasteiger partial charge < -0.3 is 9.73 Å². The number of furan rings is 1. The third-order valence-electron chi connectivity index (χ3n) is 4.18. The van der Waals surface area contributed by atoms with Crippen LogP contribution >= 0.6 is 11.6 Å². The zero-order valence-electron chi connectivity index (χ0n) is 13.7. The molecule has 6 nitrogen and oxygen atoms in total. The molecule has 4 rings (SSSR count). The molecule has 126 valence electrons. The molecule has 0 saturated carbocycles. The van der Waals surface area contributed by atoms with Crippen molar-refractivity contribution in [2.75, 3.05) is 0 Å². The number of carbonyl (C=O) groups is 1. The molecule has 1 atom stereocenters. The van der Waals surface area contributed by atoms with Gasteiger partial charge in [0.15, 0.2) is 17.2 Å². The van der Waals surface area contributed by atoms with E-state index < -0.39 is 0 Å². The van der Waals surface area contributed by atoms with Crippen molar-refractivity contribution in [1.82, 2.24) is 19.9 Å². The summed E-state index contributed by atoms with van der Waals surface area (Å²) in [6.07, 6.45) is 1.86. The Morgan fingerprint density at radius 2 is 2.12 bits per heavy atom. The van der Waals surface area contributed by atoms with Gasteiger partial charge in [0, 0.05) is 22.2 Å². The molecule has 0 aliphatic rings. The molecular formula is C18H15ClN4O2. The molecule has 0 aliphatic heterocycles. The molecule has 7 heteroatoms. The molecule has 4 aromatic rings. The molecule has 0 bridgehead atoms. The van der Waals surface area contributed by atoms with E-state index in [4.69, 9.17) is 16.0 Å². The number of fused-ring (bicyclic) bond motifs is 2. The summed E-state index contributed by atoms with van der Waals surface area (Å²) in [5.74, 6) is 0.628. The molecule has 25 heavy (non-hydrogen) atoms. The van der Waals surface area contributed by atoms with Gasteiger partial charge in [-0.1, -0.05) is 17.7 Å². The highest BCUT2D eigenvalue weighted by molar-refractivity contribution is 6.31. The Labute approximate surface area is 148 Å². The van der Waals surface area contributed by atoms with Crippen molar-refractivity contribution in [2.45, 2.75) is 19.9 Å². The second-order valence-electron chi connectivity index (χ2n) is 5.88. The predicted molar refractivity (Wildman–Crippen MR) is 94.8 cm³/mol. The summed E-state index contributed by atoms with van der Waals surface area (Å²) in [5.41, 5.74) is 2.12. The molecule has 3 heterocycles. The Kier molecular flexibility index (Phi) is 3.69. The number of amides is 1. The van der Waals surface area contributed by atoms with E-state index in [1.165, 1.54) is 0 Å². The summed E-state index contributed by atoms with van der Waals surface area (Å²) in [6.45, 7) is 3.70. The van der Waals surface area contributed by atoms with Crippen molar-refractivity contribution in [3.8, 4) is 0 Å². The number of pyridine rings is 1. The monoisotopic (exact) mass is 354 g/mol. The van der Waals surface area contributed by atoms with Gasteiger partial charge in [-0.15, -0.1) is 10.2 Å². The van der Waals surface area contributed by atoms with Crippen LogP contribution in [0.1, 0.15) is 34.9 Å². The molecule has 0 saturated heterocycles. The van der Waals surface area contributed by atoms with Crippen LogP contribution in [0.3, 0.4) is 0 Å². The maximum Gasteiger partial charge on any atom is 0.287 e. The Balaban J connectivity index is 1.64. The zero-order chi connectivity index (χ0) is 17.6. The molecule has 1 amide bonds. The van der Waals surface area contributed by atoms with E-state index in [0.29, 0.717) is 16.4 Å². The molecule has 1 unspecified atom stereocenters. The van der Waals surface area contributed by atoms with E-state index in [2.05, 4.69) is 15.5 Å². The first-order valence-corrected chi connectivity index (χ1v) is 8.21. The number of hydrogen-bond acceptors (Lipinski definition) is 4. The van der Waals surface area contributed by atoms with Crippen LogP contribution in [-0.4, -0.2) is 20.5 Å². The minimum Gasteiger partial charge on any atom is -0.451 e. The van der Waals surface area contributed by atoms with Crippen LogP contribution in [0.5, 0.6) is 0 Å². The average molecular weight is 355 g/mol. The number of nitrogens with zero attached hydrogens (tertiary/aromatic N) is 3. The summed E-state index contributed by atoms with van der Waals surface area (Å²) in [5, 5.41) is 12.6. The molecule has 1 N–H and O–H groups in total. The Morgan fingerprint density at radius 3 is 2.96 bits per heavy atom. The van der Waals surface area contributed by atoms with Gasteiger partial charge in [0.2, 0.25) is 0 Å². The number of hydrogen-bond donors (Lipinski definition) is 1. The fraction of sp³-hybridized carbons (Fsp3) is 0.167. The van der Waals surface area contributed by atoms with E-state index in [1.807, 2.05) is 42.6 Å². The van der Waals surface area contributed by atoms with Crippen LogP contribution in [0, 0.1) is 6.92 Å². The maximum atomic E-state index is 12.7. The summed E-state index contributed by atoms with van der Waals surface area (Å²) in [6, 6.07) is 10.6. The van der Waals surface area contributed by atoms with Crippen molar-refractivity contribution in [1.29, 1.82) is 0 Å². The van der Waals surface area contributed by atoms with Gasteiger partial charge in [-0.25, -0.2) is 0 Å². The van der Waals surface area contributed by atoms with Crippen molar-refractivity contribution in [3.05, 3.63) is 64.8 Å². The number of halogens is 1. The Hall–Kier alpha value is -2.86. The minimum atomic E-state index is -0.332. The highest BCUT2D eigenvalue weighted by Crippen LogP contribution is 2.28. The lowest BCUT2D eigenvalue weighted by Gasteiger charge is -2.11. The average Bonchev–Trinajstić information content (AvgIpc) is 3.17.